The van der Waals surface area contributed by atoms with E-state index in [1.165, 1.54) is 19.4 Å². The molecule has 1 aromatic rings. The summed E-state index contributed by atoms with van der Waals surface area (Å²) in [5.74, 6) is -1.16. The molecule has 7 nitrogen and oxygen atoms in total. The zero-order chi connectivity index (χ0) is 15.8. The SMILES string of the molecule is COC(=O)c1nccc2c1CN(C(=O)OC(C)(C)C)C2=O. The normalized spacial score (nSPS) is 13.9. The number of imide groups is 1. The monoisotopic (exact) mass is 292 g/mol. The summed E-state index contributed by atoms with van der Waals surface area (Å²) in [6.45, 7) is 5.07. The maximum Gasteiger partial charge on any atom is 0.417 e. The number of rotatable bonds is 1. The van der Waals surface area contributed by atoms with Crippen molar-refractivity contribution in [3.63, 3.8) is 0 Å². The Morgan fingerprint density at radius 1 is 1.33 bits per heavy atom. The van der Waals surface area contributed by atoms with Gasteiger partial charge in [-0.1, -0.05) is 0 Å². The highest BCUT2D eigenvalue weighted by Crippen LogP contribution is 2.26. The highest BCUT2D eigenvalue weighted by Gasteiger charge is 2.37. The van der Waals surface area contributed by atoms with E-state index in [-0.39, 0.29) is 17.8 Å². The fourth-order valence-electron chi connectivity index (χ4n) is 1.97. The number of fused-ring (bicyclic) bond motifs is 1. The van der Waals surface area contributed by atoms with Gasteiger partial charge in [-0.05, 0) is 26.8 Å². The van der Waals surface area contributed by atoms with Crippen LogP contribution in [0.4, 0.5) is 4.79 Å². The lowest BCUT2D eigenvalue weighted by Crippen LogP contribution is -2.36. The van der Waals surface area contributed by atoms with Crippen molar-refractivity contribution in [2.24, 2.45) is 0 Å². The fraction of sp³-hybridized carbons (Fsp3) is 0.429. The Morgan fingerprint density at radius 2 is 2.00 bits per heavy atom. The molecular weight excluding hydrogens is 276 g/mol. The van der Waals surface area contributed by atoms with Crippen LogP contribution in [0.2, 0.25) is 0 Å². The van der Waals surface area contributed by atoms with Crippen LogP contribution in [0.25, 0.3) is 0 Å². The van der Waals surface area contributed by atoms with Crippen LogP contribution in [0.5, 0.6) is 0 Å². The van der Waals surface area contributed by atoms with Crippen LogP contribution >= 0.6 is 0 Å². The predicted octanol–water partition coefficient (Wildman–Crippen LogP) is 1.76. The largest absolute Gasteiger partial charge is 0.464 e. The van der Waals surface area contributed by atoms with E-state index in [0.29, 0.717) is 5.56 Å². The minimum Gasteiger partial charge on any atom is -0.464 e. The van der Waals surface area contributed by atoms with Crippen LogP contribution < -0.4 is 0 Å². The molecule has 1 aliphatic heterocycles. The van der Waals surface area contributed by atoms with Crippen molar-refractivity contribution in [1.82, 2.24) is 9.88 Å². The molecule has 7 heteroatoms. The fourth-order valence-corrected chi connectivity index (χ4v) is 1.97. The summed E-state index contributed by atoms with van der Waals surface area (Å²) in [5, 5.41) is 0. The average molecular weight is 292 g/mol. The third-order valence-electron chi connectivity index (χ3n) is 2.84. The minimum atomic E-state index is -0.750. The first kappa shape index (κ1) is 15.0. The molecule has 0 radical (unpaired) electrons. The molecule has 2 rings (SSSR count). The van der Waals surface area contributed by atoms with Crippen LogP contribution in [0, 0.1) is 0 Å². The Kier molecular flexibility index (Phi) is 3.67. The lowest BCUT2D eigenvalue weighted by Gasteiger charge is -2.23. The maximum atomic E-state index is 12.2. The van der Waals surface area contributed by atoms with Crippen LogP contribution in [0.1, 0.15) is 47.2 Å². The molecule has 0 bridgehead atoms. The number of ether oxygens (including phenoxy) is 2. The van der Waals surface area contributed by atoms with E-state index in [4.69, 9.17) is 4.74 Å². The molecule has 2 amide bonds. The standard InChI is InChI=1S/C14H16N2O5/c1-14(2,3)21-13(19)16-7-9-8(11(16)17)5-6-15-10(9)12(18)20-4/h5-6H,7H2,1-4H3. The summed E-state index contributed by atoms with van der Waals surface area (Å²) in [5.41, 5.74) is -0.0406. The molecule has 2 heterocycles. The number of esters is 1. The minimum absolute atomic E-state index is 0.0365. The van der Waals surface area contributed by atoms with Gasteiger partial charge in [-0.3, -0.25) is 4.79 Å². The lowest BCUT2D eigenvalue weighted by atomic mass is 10.1. The lowest BCUT2D eigenvalue weighted by molar-refractivity contribution is 0.0246. The van der Waals surface area contributed by atoms with E-state index in [0.717, 1.165) is 4.90 Å². The zero-order valence-electron chi connectivity index (χ0n) is 12.3. The number of nitrogens with zero attached hydrogens (tertiary/aromatic N) is 2. The van der Waals surface area contributed by atoms with E-state index in [9.17, 15) is 14.4 Å². The summed E-state index contributed by atoms with van der Waals surface area (Å²) in [4.78, 5) is 40.8. The number of amides is 2. The zero-order valence-corrected chi connectivity index (χ0v) is 12.3. The van der Waals surface area contributed by atoms with Crippen LogP contribution in [-0.4, -0.2) is 40.6 Å². The van der Waals surface area contributed by atoms with Gasteiger partial charge in [-0.25, -0.2) is 19.5 Å². The van der Waals surface area contributed by atoms with E-state index < -0.39 is 23.6 Å². The number of methoxy groups -OCH3 is 1. The van der Waals surface area contributed by atoms with Gasteiger partial charge in [0.15, 0.2) is 5.69 Å². The Bertz CT molecular complexity index is 618. The predicted molar refractivity (Wildman–Crippen MR) is 71.7 cm³/mol. The summed E-state index contributed by atoms with van der Waals surface area (Å²) in [6, 6.07) is 1.47. The van der Waals surface area contributed by atoms with E-state index in [1.807, 2.05) is 0 Å². The molecule has 0 aromatic carbocycles. The average Bonchev–Trinajstić information content (AvgIpc) is 2.74. The second-order valence-electron chi connectivity index (χ2n) is 5.55. The second kappa shape index (κ2) is 5.16. The summed E-state index contributed by atoms with van der Waals surface area (Å²) in [7, 11) is 1.23. The first-order valence-corrected chi connectivity index (χ1v) is 6.35. The molecule has 0 N–H and O–H groups in total. The van der Waals surface area contributed by atoms with Gasteiger partial charge in [-0.2, -0.15) is 0 Å². The van der Waals surface area contributed by atoms with E-state index in [2.05, 4.69) is 9.72 Å². The molecule has 21 heavy (non-hydrogen) atoms. The maximum absolute atomic E-state index is 12.2. The van der Waals surface area contributed by atoms with Crippen molar-refractivity contribution < 1.29 is 23.9 Å². The Labute approximate surface area is 121 Å². The molecule has 0 fully saturated rings. The topological polar surface area (TPSA) is 85.8 Å². The van der Waals surface area contributed by atoms with Crippen molar-refractivity contribution in [2.45, 2.75) is 32.9 Å². The number of carbonyl (C=O) groups excluding carboxylic acids is 3. The van der Waals surface area contributed by atoms with Crippen LogP contribution in [0.15, 0.2) is 12.3 Å². The number of hydrogen-bond donors (Lipinski definition) is 0. The molecule has 1 aromatic heterocycles. The molecular formula is C14H16N2O5. The summed E-state index contributed by atoms with van der Waals surface area (Å²) < 4.78 is 9.81. The molecule has 0 saturated carbocycles. The van der Waals surface area contributed by atoms with E-state index in [1.54, 1.807) is 20.8 Å². The Hall–Kier alpha value is -2.44. The molecule has 0 spiro atoms. The summed E-state index contributed by atoms with van der Waals surface area (Å²) in [6.07, 6.45) is 0.584. The Balaban J connectivity index is 2.32. The van der Waals surface area contributed by atoms with Gasteiger partial charge < -0.3 is 9.47 Å². The number of carbonyl (C=O) groups is 3. The van der Waals surface area contributed by atoms with E-state index >= 15 is 0 Å². The van der Waals surface area contributed by atoms with Crippen molar-refractivity contribution in [2.75, 3.05) is 7.11 Å². The quantitative estimate of drug-likeness (QED) is 0.733. The second-order valence-corrected chi connectivity index (χ2v) is 5.55. The molecule has 112 valence electrons. The van der Waals surface area contributed by atoms with Gasteiger partial charge in [0.1, 0.15) is 5.60 Å². The third-order valence-corrected chi connectivity index (χ3v) is 2.84. The van der Waals surface area contributed by atoms with Gasteiger partial charge in [0, 0.05) is 17.3 Å². The van der Waals surface area contributed by atoms with Gasteiger partial charge >= 0.3 is 12.1 Å². The highest BCUT2D eigenvalue weighted by atomic mass is 16.6. The molecule has 0 unspecified atom stereocenters. The number of pyridine rings is 1. The first-order chi connectivity index (χ1) is 9.74. The molecule has 0 aliphatic carbocycles. The van der Waals surface area contributed by atoms with Crippen molar-refractivity contribution in [1.29, 1.82) is 0 Å². The Morgan fingerprint density at radius 3 is 2.57 bits per heavy atom. The number of aromatic nitrogens is 1. The molecule has 0 atom stereocenters. The smallest absolute Gasteiger partial charge is 0.417 e. The first-order valence-electron chi connectivity index (χ1n) is 6.35. The summed E-state index contributed by atoms with van der Waals surface area (Å²) >= 11 is 0. The van der Waals surface area contributed by atoms with Crippen LogP contribution in [-0.2, 0) is 16.0 Å². The van der Waals surface area contributed by atoms with Gasteiger partial charge in [-0.15, -0.1) is 0 Å². The van der Waals surface area contributed by atoms with Gasteiger partial charge in [0.2, 0.25) is 0 Å². The molecule has 1 aliphatic rings. The highest BCUT2D eigenvalue weighted by molar-refractivity contribution is 6.08. The third kappa shape index (κ3) is 2.86. The van der Waals surface area contributed by atoms with Crippen molar-refractivity contribution in [3.05, 3.63) is 29.1 Å². The van der Waals surface area contributed by atoms with Gasteiger partial charge in [0.05, 0.1) is 13.7 Å². The molecule has 0 saturated heterocycles. The van der Waals surface area contributed by atoms with Crippen molar-refractivity contribution in [3.8, 4) is 0 Å². The van der Waals surface area contributed by atoms with Crippen LogP contribution in [0.3, 0.4) is 0 Å². The van der Waals surface area contributed by atoms with Crippen molar-refractivity contribution >= 4 is 18.0 Å². The number of hydrogen-bond acceptors (Lipinski definition) is 6. The van der Waals surface area contributed by atoms with Gasteiger partial charge in [0.25, 0.3) is 5.91 Å².